The van der Waals surface area contributed by atoms with E-state index in [0.717, 1.165) is 23.8 Å². The quantitative estimate of drug-likeness (QED) is 0.896. The molecule has 0 radical (unpaired) electrons. The van der Waals surface area contributed by atoms with Gasteiger partial charge in [-0.1, -0.05) is 41.9 Å². The molecule has 20 heavy (non-hydrogen) atoms. The summed E-state index contributed by atoms with van der Waals surface area (Å²) in [6.45, 7) is 2.93. The van der Waals surface area contributed by atoms with E-state index in [1.807, 2.05) is 30.3 Å². The van der Waals surface area contributed by atoms with Gasteiger partial charge in [-0.05, 0) is 30.7 Å². The first-order valence-corrected chi connectivity index (χ1v) is 7.35. The van der Waals surface area contributed by atoms with Crippen LogP contribution in [0.4, 0.5) is 0 Å². The molecule has 104 valence electrons. The molecule has 0 bridgehead atoms. The Hall–Kier alpha value is -1.51. The Bertz CT molecular complexity index is 599. The third-order valence-electron chi connectivity index (χ3n) is 3.76. The summed E-state index contributed by atoms with van der Waals surface area (Å²) in [7, 11) is 0. The van der Waals surface area contributed by atoms with Crippen LogP contribution in [0.15, 0.2) is 48.5 Å². The number of rotatable bonds is 3. The average molecular weight is 288 g/mol. The molecule has 0 amide bonds. The van der Waals surface area contributed by atoms with Crippen molar-refractivity contribution in [1.82, 2.24) is 5.32 Å². The van der Waals surface area contributed by atoms with Crippen LogP contribution >= 0.6 is 11.6 Å². The number of benzene rings is 2. The van der Waals surface area contributed by atoms with Gasteiger partial charge in [0.25, 0.3) is 0 Å². The van der Waals surface area contributed by atoms with Gasteiger partial charge < -0.3 is 10.1 Å². The Balaban J connectivity index is 1.79. The number of fused-ring (bicyclic) bond motifs is 1. The van der Waals surface area contributed by atoms with Crippen LogP contribution in [0.5, 0.6) is 5.75 Å². The fraction of sp³-hybridized carbons (Fsp3) is 0.294. The second-order valence-corrected chi connectivity index (χ2v) is 5.61. The highest BCUT2D eigenvalue weighted by molar-refractivity contribution is 6.30. The molecule has 2 aromatic rings. The lowest BCUT2D eigenvalue weighted by molar-refractivity contribution is 0.246. The van der Waals surface area contributed by atoms with E-state index in [1.54, 1.807) is 0 Å². The standard InChI is InChI=1S/C17H18ClNO/c1-12(13-5-4-6-14(18)11-13)19-16-9-10-20-17-8-3-2-7-15(16)17/h2-8,11-12,16,19H,9-10H2,1H3. The number of hydrogen-bond donors (Lipinski definition) is 1. The molecule has 0 spiro atoms. The van der Waals surface area contributed by atoms with Crippen molar-refractivity contribution in [1.29, 1.82) is 0 Å². The fourth-order valence-corrected chi connectivity index (χ4v) is 2.89. The summed E-state index contributed by atoms with van der Waals surface area (Å²) in [5.41, 5.74) is 2.45. The van der Waals surface area contributed by atoms with E-state index in [1.165, 1.54) is 11.1 Å². The van der Waals surface area contributed by atoms with Crippen molar-refractivity contribution in [2.24, 2.45) is 0 Å². The molecule has 0 saturated heterocycles. The molecule has 1 aliphatic rings. The van der Waals surface area contributed by atoms with Crippen molar-refractivity contribution in [3.05, 3.63) is 64.7 Å². The van der Waals surface area contributed by atoms with Crippen molar-refractivity contribution in [2.75, 3.05) is 6.61 Å². The molecule has 1 N–H and O–H groups in total. The molecule has 1 heterocycles. The predicted molar refractivity (Wildman–Crippen MR) is 82.3 cm³/mol. The Morgan fingerprint density at radius 2 is 2.05 bits per heavy atom. The second-order valence-electron chi connectivity index (χ2n) is 5.17. The van der Waals surface area contributed by atoms with Gasteiger partial charge in [0.1, 0.15) is 5.75 Å². The van der Waals surface area contributed by atoms with Gasteiger partial charge in [0, 0.05) is 29.1 Å². The molecule has 0 fully saturated rings. The summed E-state index contributed by atoms with van der Waals surface area (Å²) in [6, 6.07) is 16.9. The zero-order valence-electron chi connectivity index (χ0n) is 11.5. The maximum Gasteiger partial charge on any atom is 0.124 e. The molecule has 0 aliphatic carbocycles. The molecule has 2 atom stereocenters. The van der Waals surface area contributed by atoms with E-state index in [-0.39, 0.29) is 6.04 Å². The van der Waals surface area contributed by atoms with E-state index < -0.39 is 0 Å². The molecular formula is C17H18ClNO. The monoisotopic (exact) mass is 287 g/mol. The maximum atomic E-state index is 6.06. The van der Waals surface area contributed by atoms with Gasteiger partial charge in [-0.2, -0.15) is 0 Å². The van der Waals surface area contributed by atoms with Gasteiger partial charge in [0.05, 0.1) is 6.61 Å². The molecule has 3 rings (SSSR count). The number of hydrogen-bond acceptors (Lipinski definition) is 2. The van der Waals surface area contributed by atoms with Crippen molar-refractivity contribution in [3.8, 4) is 5.75 Å². The molecule has 2 nitrogen and oxygen atoms in total. The van der Waals surface area contributed by atoms with E-state index in [4.69, 9.17) is 16.3 Å². The van der Waals surface area contributed by atoms with E-state index in [9.17, 15) is 0 Å². The van der Waals surface area contributed by atoms with Gasteiger partial charge in [-0.3, -0.25) is 0 Å². The van der Waals surface area contributed by atoms with Gasteiger partial charge >= 0.3 is 0 Å². The lowest BCUT2D eigenvalue weighted by Gasteiger charge is -2.29. The first kappa shape index (κ1) is 13.5. The van der Waals surface area contributed by atoms with Crippen LogP contribution in [0.2, 0.25) is 5.02 Å². The summed E-state index contributed by atoms with van der Waals surface area (Å²) < 4.78 is 5.70. The topological polar surface area (TPSA) is 21.3 Å². The molecule has 2 unspecified atom stereocenters. The van der Waals surface area contributed by atoms with Crippen LogP contribution in [-0.4, -0.2) is 6.61 Å². The van der Waals surface area contributed by atoms with Gasteiger partial charge in [-0.15, -0.1) is 0 Å². The van der Waals surface area contributed by atoms with Crippen molar-refractivity contribution in [3.63, 3.8) is 0 Å². The molecule has 0 saturated carbocycles. The van der Waals surface area contributed by atoms with Crippen LogP contribution < -0.4 is 10.1 Å². The summed E-state index contributed by atoms with van der Waals surface area (Å²) in [4.78, 5) is 0. The largest absolute Gasteiger partial charge is 0.493 e. The highest BCUT2D eigenvalue weighted by Gasteiger charge is 2.22. The predicted octanol–water partition coefficient (Wildman–Crippen LogP) is 4.51. The molecule has 0 aromatic heterocycles. The van der Waals surface area contributed by atoms with Crippen LogP contribution in [0.1, 0.15) is 36.6 Å². The van der Waals surface area contributed by atoms with Crippen molar-refractivity contribution >= 4 is 11.6 Å². The minimum Gasteiger partial charge on any atom is -0.493 e. The lowest BCUT2D eigenvalue weighted by Crippen LogP contribution is -2.29. The Morgan fingerprint density at radius 1 is 1.20 bits per heavy atom. The first-order chi connectivity index (χ1) is 9.74. The molecule has 2 aromatic carbocycles. The van der Waals surface area contributed by atoms with Crippen LogP contribution in [0.25, 0.3) is 0 Å². The van der Waals surface area contributed by atoms with Gasteiger partial charge in [-0.25, -0.2) is 0 Å². The summed E-state index contributed by atoms with van der Waals surface area (Å²) >= 11 is 6.06. The van der Waals surface area contributed by atoms with E-state index >= 15 is 0 Å². The van der Waals surface area contributed by atoms with E-state index in [2.05, 4.69) is 30.4 Å². The number of para-hydroxylation sites is 1. The van der Waals surface area contributed by atoms with Gasteiger partial charge in [0.15, 0.2) is 0 Å². The average Bonchev–Trinajstić information content (AvgIpc) is 2.47. The number of halogens is 1. The SMILES string of the molecule is CC(NC1CCOc2ccccc21)c1cccc(Cl)c1. The van der Waals surface area contributed by atoms with Crippen LogP contribution in [0, 0.1) is 0 Å². The molecule has 1 aliphatic heterocycles. The Kier molecular flexibility index (Phi) is 3.95. The maximum absolute atomic E-state index is 6.06. The normalized spacial score (nSPS) is 19.0. The van der Waals surface area contributed by atoms with Crippen molar-refractivity contribution in [2.45, 2.75) is 25.4 Å². The van der Waals surface area contributed by atoms with Gasteiger partial charge in [0.2, 0.25) is 0 Å². The fourth-order valence-electron chi connectivity index (χ4n) is 2.69. The Labute approximate surface area is 124 Å². The van der Waals surface area contributed by atoms with E-state index in [0.29, 0.717) is 6.04 Å². The Morgan fingerprint density at radius 3 is 2.90 bits per heavy atom. The molecule has 3 heteroatoms. The highest BCUT2D eigenvalue weighted by atomic mass is 35.5. The summed E-state index contributed by atoms with van der Waals surface area (Å²) in [5, 5.41) is 4.46. The minimum absolute atomic E-state index is 0.254. The number of ether oxygens (including phenoxy) is 1. The molecular weight excluding hydrogens is 270 g/mol. The van der Waals surface area contributed by atoms with Crippen molar-refractivity contribution < 1.29 is 4.74 Å². The third-order valence-corrected chi connectivity index (χ3v) is 3.99. The number of nitrogens with one attached hydrogen (secondary N) is 1. The zero-order valence-corrected chi connectivity index (χ0v) is 12.2. The minimum atomic E-state index is 0.254. The van der Waals surface area contributed by atoms with Crippen LogP contribution in [0.3, 0.4) is 0 Å². The summed E-state index contributed by atoms with van der Waals surface area (Å²) in [5.74, 6) is 0.995. The lowest BCUT2D eigenvalue weighted by atomic mass is 9.98. The first-order valence-electron chi connectivity index (χ1n) is 6.97. The third kappa shape index (κ3) is 2.82. The zero-order chi connectivity index (χ0) is 13.9. The van der Waals surface area contributed by atoms with Crippen LogP contribution in [-0.2, 0) is 0 Å². The summed E-state index contributed by atoms with van der Waals surface area (Å²) in [6.07, 6.45) is 0.988. The highest BCUT2D eigenvalue weighted by Crippen LogP contribution is 2.33. The smallest absolute Gasteiger partial charge is 0.124 e. The second kappa shape index (κ2) is 5.86.